The van der Waals surface area contributed by atoms with Crippen LogP contribution in [0.3, 0.4) is 0 Å². The highest BCUT2D eigenvalue weighted by Crippen LogP contribution is 2.47. The molecule has 0 aromatic heterocycles. The number of fused-ring (bicyclic) bond motifs is 1. The van der Waals surface area contributed by atoms with Gasteiger partial charge in [-0.25, -0.2) is 0 Å². The van der Waals surface area contributed by atoms with Gasteiger partial charge < -0.3 is 24.4 Å². The van der Waals surface area contributed by atoms with Crippen molar-refractivity contribution in [2.24, 2.45) is 5.92 Å². The average Bonchev–Trinajstić information content (AvgIpc) is 2.83. The van der Waals surface area contributed by atoms with Gasteiger partial charge in [0, 0.05) is 18.7 Å². The number of ether oxygens (including phenoxy) is 3. The zero-order chi connectivity index (χ0) is 24.1. The monoisotopic (exact) mass is 454 g/mol. The molecule has 1 heterocycles. The maximum Gasteiger partial charge on any atom is 0.254 e. The van der Waals surface area contributed by atoms with E-state index < -0.39 is 12.0 Å². The van der Waals surface area contributed by atoms with E-state index in [4.69, 9.17) is 14.2 Å². The number of carbonyl (C=O) groups excluding carboxylic acids is 2. The van der Waals surface area contributed by atoms with Gasteiger partial charge in [-0.1, -0.05) is 39.0 Å². The second-order valence-electron chi connectivity index (χ2n) is 8.61. The van der Waals surface area contributed by atoms with Gasteiger partial charge in [-0.15, -0.1) is 0 Å². The SMILES string of the molecule is CCCN1C(=O)c2ccccc2[C@H](C(=O)NCC(C)C)[C@H]1c1cc(OC)c(OC)c(OC)c1. The molecule has 2 amide bonds. The minimum Gasteiger partial charge on any atom is -0.493 e. The van der Waals surface area contributed by atoms with Crippen LogP contribution >= 0.6 is 0 Å². The van der Waals surface area contributed by atoms with Crippen LogP contribution in [0.1, 0.15) is 60.6 Å². The highest BCUT2D eigenvalue weighted by molar-refractivity contribution is 6.01. The van der Waals surface area contributed by atoms with Crippen LogP contribution in [-0.2, 0) is 4.79 Å². The van der Waals surface area contributed by atoms with Gasteiger partial charge in [-0.05, 0) is 41.7 Å². The fourth-order valence-corrected chi connectivity index (χ4v) is 4.42. The summed E-state index contributed by atoms with van der Waals surface area (Å²) in [6.07, 6.45) is 0.759. The fourth-order valence-electron chi connectivity index (χ4n) is 4.42. The normalized spacial score (nSPS) is 17.5. The highest BCUT2D eigenvalue weighted by Gasteiger charge is 2.44. The molecule has 3 rings (SSSR count). The van der Waals surface area contributed by atoms with E-state index in [9.17, 15) is 9.59 Å². The first kappa shape index (κ1) is 24.4. The van der Waals surface area contributed by atoms with E-state index in [1.165, 1.54) is 0 Å². The van der Waals surface area contributed by atoms with Gasteiger partial charge in [0.15, 0.2) is 11.5 Å². The van der Waals surface area contributed by atoms with Crippen LogP contribution in [0.15, 0.2) is 36.4 Å². The van der Waals surface area contributed by atoms with E-state index in [-0.39, 0.29) is 11.8 Å². The van der Waals surface area contributed by atoms with Crippen LogP contribution in [0.2, 0.25) is 0 Å². The average molecular weight is 455 g/mol. The lowest BCUT2D eigenvalue weighted by Crippen LogP contribution is -2.48. The first-order valence-corrected chi connectivity index (χ1v) is 11.3. The second-order valence-corrected chi connectivity index (χ2v) is 8.61. The molecule has 0 aliphatic carbocycles. The summed E-state index contributed by atoms with van der Waals surface area (Å²) in [5.74, 6) is 0.969. The Kier molecular flexibility index (Phi) is 7.84. The molecular formula is C26H34N2O5. The van der Waals surface area contributed by atoms with Gasteiger partial charge in [-0.3, -0.25) is 9.59 Å². The van der Waals surface area contributed by atoms with Crippen LogP contribution in [0.5, 0.6) is 17.2 Å². The summed E-state index contributed by atoms with van der Waals surface area (Å²) in [5, 5.41) is 3.09. The Morgan fingerprint density at radius 3 is 2.24 bits per heavy atom. The van der Waals surface area contributed by atoms with E-state index in [0.717, 1.165) is 17.5 Å². The number of hydrogen-bond donors (Lipinski definition) is 1. The van der Waals surface area contributed by atoms with E-state index >= 15 is 0 Å². The fraction of sp³-hybridized carbons (Fsp3) is 0.462. The molecule has 33 heavy (non-hydrogen) atoms. The molecule has 2 aromatic carbocycles. The van der Waals surface area contributed by atoms with Gasteiger partial charge in [0.1, 0.15) is 0 Å². The van der Waals surface area contributed by atoms with E-state index in [2.05, 4.69) is 19.2 Å². The molecule has 0 saturated carbocycles. The number of nitrogens with one attached hydrogen (secondary N) is 1. The topological polar surface area (TPSA) is 77.1 Å². The van der Waals surface area contributed by atoms with Crippen LogP contribution in [0.4, 0.5) is 0 Å². The predicted octanol–water partition coefficient (Wildman–Crippen LogP) is 4.18. The Morgan fingerprint density at radius 1 is 1.06 bits per heavy atom. The van der Waals surface area contributed by atoms with Crippen molar-refractivity contribution in [3.8, 4) is 17.2 Å². The van der Waals surface area contributed by atoms with Crippen molar-refractivity contribution in [2.75, 3.05) is 34.4 Å². The summed E-state index contributed by atoms with van der Waals surface area (Å²) in [6.45, 7) is 7.20. The molecule has 1 aliphatic heterocycles. The molecule has 0 saturated heterocycles. The maximum atomic E-state index is 13.6. The predicted molar refractivity (Wildman–Crippen MR) is 127 cm³/mol. The van der Waals surface area contributed by atoms with Crippen molar-refractivity contribution in [1.29, 1.82) is 0 Å². The third kappa shape index (κ3) is 4.77. The Labute approximate surface area is 196 Å². The minimum atomic E-state index is -0.577. The molecule has 0 fully saturated rings. The number of nitrogens with zero attached hydrogens (tertiary/aromatic N) is 1. The Bertz CT molecular complexity index is 979. The van der Waals surface area contributed by atoms with Crippen LogP contribution < -0.4 is 19.5 Å². The molecular weight excluding hydrogens is 420 g/mol. The van der Waals surface area contributed by atoms with E-state index in [1.807, 2.05) is 37.3 Å². The molecule has 0 spiro atoms. The van der Waals surface area contributed by atoms with Gasteiger partial charge in [0.2, 0.25) is 11.7 Å². The smallest absolute Gasteiger partial charge is 0.254 e. The van der Waals surface area contributed by atoms with Crippen molar-refractivity contribution < 1.29 is 23.8 Å². The summed E-state index contributed by atoms with van der Waals surface area (Å²) >= 11 is 0. The number of methoxy groups -OCH3 is 3. The van der Waals surface area contributed by atoms with E-state index in [1.54, 1.807) is 32.3 Å². The van der Waals surface area contributed by atoms with E-state index in [0.29, 0.717) is 41.8 Å². The third-order valence-corrected chi connectivity index (χ3v) is 5.90. The van der Waals surface area contributed by atoms with Crippen molar-refractivity contribution in [3.05, 3.63) is 53.1 Å². The quantitative estimate of drug-likeness (QED) is 0.615. The molecule has 2 atom stereocenters. The number of carbonyl (C=O) groups is 2. The molecule has 7 heteroatoms. The second kappa shape index (κ2) is 10.6. The van der Waals surface area contributed by atoms with Gasteiger partial charge >= 0.3 is 0 Å². The van der Waals surface area contributed by atoms with Crippen molar-refractivity contribution in [3.63, 3.8) is 0 Å². The van der Waals surface area contributed by atoms with Crippen molar-refractivity contribution in [2.45, 2.75) is 39.2 Å². The zero-order valence-electron chi connectivity index (χ0n) is 20.3. The lowest BCUT2D eigenvalue weighted by Gasteiger charge is -2.42. The molecule has 1 N–H and O–H groups in total. The Balaban J connectivity index is 2.24. The number of amides is 2. The van der Waals surface area contributed by atoms with Crippen LogP contribution in [0, 0.1) is 5.92 Å². The molecule has 2 aromatic rings. The lowest BCUT2D eigenvalue weighted by molar-refractivity contribution is -0.124. The number of rotatable bonds is 9. The first-order valence-electron chi connectivity index (χ1n) is 11.3. The summed E-state index contributed by atoms with van der Waals surface area (Å²) in [4.78, 5) is 29.0. The van der Waals surface area contributed by atoms with Gasteiger partial charge in [0.05, 0.1) is 33.3 Å². The molecule has 1 aliphatic rings. The molecule has 7 nitrogen and oxygen atoms in total. The van der Waals surface area contributed by atoms with Crippen LogP contribution in [-0.4, -0.2) is 51.1 Å². The number of hydrogen-bond acceptors (Lipinski definition) is 5. The van der Waals surface area contributed by atoms with Crippen LogP contribution in [0.25, 0.3) is 0 Å². The number of benzene rings is 2. The lowest BCUT2D eigenvalue weighted by atomic mass is 9.78. The Hall–Kier alpha value is -3.22. The van der Waals surface area contributed by atoms with Crippen molar-refractivity contribution >= 4 is 11.8 Å². The summed E-state index contributed by atoms with van der Waals surface area (Å²) in [7, 11) is 4.66. The zero-order valence-corrected chi connectivity index (χ0v) is 20.3. The largest absolute Gasteiger partial charge is 0.493 e. The summed E-state index contributed by atoms with van der Waals surface area (Å²) < 4.78 is 16.6. The van der Waals surface area contributed by atoms with Gasteiger partial charge in [-0.2, -0.15) is 0 Å². The molecule has 0 unspecified atom stereocenters. The van der Waals surface area contributed by atoms with Crippen molar-refractivity contribution in [1.82, 2.24) is 10.2 Å². The van der Waals surface area contributed by atoms with Gasteiger partial charge in [0.25, 0.3) is 5.91 Å². The summed E-state index contributed by atoms with van der Waals surface area (Å²) in [5.41, 5.74) is 2.06. The third-order valence-electron chi connectivity index (χ3n) is 5.90. The summed E-state index contributed by atoms with van der Waals surface area (Å²) in [6, 6.07) is 10.5. The first-order chi connectivity index (χ1) is 15.9. The Morgan fingerprint density at radius 2 is 1.70 bits per heavy atom. The standard InChI is InChI=1S/C26H34N2O5/c1-7-12-28-23(17-13-20(31-4)24(33-6)21(14-17)32-5)22(25(29)27-15-16(2)3)18-10-8-9-11-19(18)26(28)30/h8-11,13-14,16,22-23H,7,12,15H2,1-6H3,(H,27,29)/t22-,23+/m0/s1. The molecule has 0 radical (unpaired) electrons. The maximum absolute atomic E-state index is 13.6. The molecule has 178 valence electrons. The molecule has 0 bridgehead atoms. The highest BCUT2D eigenvalue weighted by atomic mass is 16.5. The minimum absolute atomic E-state index is 0.0842.